The molecule has 0 aliphatic carbocycles. The molecule has 0 fully saturated rings. The summed E-state index contributed by atoms with van der Waals surface area (Å²) in [6.07, 6.45) is 1.27. The van der Waals surface area contributed by atoms with E-state index in [2.05, 4.69) is 9.88 Å². The van der Waals surface area contributed by atoms with Crippen LogP contribution in [0.5, 0.6) is 0 Å². The molecule has 1 aromatic rings. The minimum Gasteiger partial charge on any atom is -0.387 e. The molecule has 0 saturated carbocycles. The van der Waals surface area contributed by atoms with E-state index in [1.807, 2.05) is 20.9 Å². The highest BCUT2D eigenvalue weighted by Crippen LogP contribution is 2.14. The van der Waals surface area contributed by atoms with Crippen LogP contribution < -0.4 is 0 Å². The lowest BCUT2D eigenvalue weighted by Gasteiger charge is -2.19. The predicted molar refractivity (Wildman–Crippen MR) is 72.4 cm³/mol. The van der Waals surface area contributed by atoms with Crippen LogP contribution in [0.1, 0.15) is 32.1 Å². The zero-order valence-electron chi connectivity index (χ0n) is 11.8. The van der Waals surface area contributed by atoms with Gasteiger partial charge < -0.3 is 14.7 Å². The summed E-state index contributed by atoms with van der Waals surface area (Å²) in [4.78, 5) is 5.97. The summed E-state index contributed by atoms with van der Waals surface area (Å²) in [7, 11) is 1.98. The van der Waals surface area contributed by atoms with E-state index in [4.69, 9.17) is 4.74 Å². The number of aromatic nitrogens is 1. The molecule has 0 radical (unpaired) electrons. The summed E-state index contributed by atoms with van der Waals surface area (Å²) in [5.74, 6) is -0.390. The quantitative estimate of drug-likeness (QED) is 0.785. The number of likely N-dealkylation sites (N-methyl/N-ethyl adjacent to an activating group) is 1. The monoisotopic (exact) mass is 270 g/mol. The standard InChI is InChI=1S/C14H23FN2O2/c1-11(2)19-9-8-17(3)7-6-14(18)13-5-4-12(15)10-16-13/h4-5,10-11,14,18H,6-9H2,1-3H3. The van der Waals surface area contributed by atoms with Crippen molar-refractivity contribution < 1.29 is 14.2 Å². The Kier molecular flexibility index (Phi) is 6.91. The molecule has 1 rings (SSSR count). The number of hydrogen-bond donors (Lipinski definition) is 1. The third-order valence-electron chi connectivity index (χ3n) is 2.80. The Hall–Kier alpha value is -1.04. The second-order valence-corrected chi connectivity index (χ2v) is 4.93. The van der Waals surface area contributed by atoms with Crippen molar-refractivity contribution in [2.24, 2.45) is 0 Å². The van der Waals surface area contributed by atoms with Crippen molar-refractivity contribution in [2.75, 3.05) is 26.7 Å². The minimum atomic E-state index is -0.658. The van der Waals surface area contributed by atoms with Crippen LogP contribution in [-0.4, -0.2) is 47.8 Å². The first-order valence-corrected chi connectivity index (χ1v) is 6.58. The van der Waals surface area contributed by atoms with Gasteiger partial charge in [-0.2, -0.15) is 0 Å². The smallest absolute Gasteiger partial charge is 0.141 e. The highest BCUT2D eigenvalue weighted by Gasteiger charge is 2.10. The van der Waals surface area contributed by atoms with E-state index < -0.39 is 6.10 Å². The lowest BCUT2D eigenvalue weighted by Crippen LogP contribution is -2.26. The first-order chi connectivity index (χ1) is 8.99. The SMILES string of the molecule is CC(C)OCCN(C)CCC(O)c1ccc(F)cn1. The Bertz CT molecular complexity index is 357. The fourth-order valence-electron chi connectivity index (χ4n) is 1.63. The maximum absolute atomic E-state index is 12.7. The van der Waals surface area contributed by atoms with Crippen molar-refractivity contribution in [2.45, 2.75) is 32.5 Å². The van der Waals surface area contributed by atoms with Gasteiger partial charge in [0.05, 0.1) is 30.7 Å². The summed E-state index contributed by atoms with van der Waals surface area (Å²) >= 11 is 0. The van der Waals surface area contributed by atoms with E-state index in [9.17, 15) is 9.50 Å². The molecule has 0 aliphatic rings. The topological polar surface area (TPSA) is 45.6 Å². The summed E-state index contributed by atoms with van der Waals surface area (Å²) in [5.41, 5.74) is 0.508. The molecule has 1 N–H and O–H groups in total. The normalized spacial score (nSPS) is 13.2. The highest BCUT2D eigenvalue weighted by atomic mass is 19.1. The summed E-state index contributed by atoms with van der Waals surface area (Å²) in [5, 5.41) is 9.93. The molecule has 1 heterocycles. The van der Waals surface area contributed by atoms with Crippen LogP contribution in [0, 0.1) is 5.82 Å². The van der Waals surface area contributed by atoms with E-state index in [1.54, 1.807) is 0 Å². The van der Waals surface area contributed by atoms with Gasteiger partial charge in [-0.1, -0.05) is 0 Å². The number of halogens is 1. The zero-order chi connectivity index (χ0) is 14.3. The Labute approximate surface area is 114 Å². The van der Waals surface area contributed by atoms with Crippen molar-refractivity contribution in [3.8, 4) is 0 Å². The second-order valence-electron chi connectivity index (χ2n) is 4.93. The van der Waals surface area contributed by atoms with Crippen molar-refractivity contribution in [1.29, 1.82) is 0 Å². The Balaban J connectivity index is 2.25. The molecule has 1 unspecified atom stereocenters. The molecule has 0 saturated heterocycles. The molecule has 4 nitrogen and oxygen atoms in total. The lowest BCUT2D eigenvalue weighted by atomic mass is 10.1. The fourth-order valence-corrected chi connectivity index (χ4v) is 1.63. The molecule has 0 spiro atoms. The molecule has 0 aromatic carbocycles. The summed E-state index contributed by atoms with van der Waals surface area (Å²) in [6.45, 7) is 6.25. The molecule has 5 heteroatoms. The van der Waals surface area contributed by atoms with Crippen molar-refractivity contribution in [3.63, 3.8) is 0 Å². The average molecular weight is 270 g/mol. The van der Waals surface area contributed by atoms with Gasteiger partial charge in [-0.05, 0) is 39.4 Å². The van der Waals surface area contributed by atoms with E-state index in [1.165, 1.54) is 12.1 Å². The number of aliphatic hydroxyl groups is 1. The summed E-state index contributed by atoms with van der Waals surface area (Å²) < 4.78 is 18.2. The second kappa shape index (κ2) is 8.19. The van der Waals surface area contributed by atoms with Crippen molar-refractivity contribution in [1.82, 2.24) is 9.88 Å². The molecule has 1 aromatic heterocycles. The Morgan fingerprint density at radius 1 is 1.37 bits per heavy atom. The number of pyridine rings is 1. The minimum absolute atomic E-state index is 0.238. The average Bonchev–Trinajstić information content (AvgIpc) is 2.36. The van der Waals surface area contributed by atoms with Gasteiger partial charge in [-0.3, -0.25) is 4.98 Å². The number of hydrogen-bond acceptors (Lipinski definition) is 4. The maximum atomic E-state index is 12.7. The first-order valence-electron chi connectivity index (χ1n) is 6.58. The number of ether oxygens (including phenoxy) is 1. The third-order valence-corrected chi connectivity index (χ3v) is 2.80. The van der Waals surface area contributed by atoms with Crippen molar-refractivity contribution >= 4 is 0 Å². The Morgan fingerprint density at radius 2 is 2.11 bits per heavy atom. The molecule has 1 atom stereocenters. The molecule has 0 bridgehead atoms. The van der Waals surface area contributed by atoms with E-state index in [0.717, 1.165) is 19.3 Å². The van der Waals surface area contributed by atoms with Gasteiger partial charge in [0.2, 0.25) is 0 Å². The zero-order valence-corrected chi connectivity index (χ0v) is 11.8. The largest absolute Gasteiger partial charge is 0.387 e. The number of nitrogens with zero attached hydrogens (tertiary/aromatic N) is 2. The lowest BCUT2D eigenvalue weighted by molar-refractivity contribution is 0.0599. The van der Waals surface area contributed by atoms with Gasteiger partial charge in [-0.15, -0.1) is 0 Å². The van der Waals surface area contributed by atoms with Crippen molar-refractivity contribution in [3.05, 3.63) is 29.8 Å². The molecular weight excluding hydrogens is 247 g/mol. The maximum Gasteiger partial charge on any atom is 0.141 e. The molecule has 0 aliphatic heterocycles. The van der Waals surface area contributed by atoms with E-state index in [0.29, 0.717) is 18.7 Å². The van der Waals surface area contributed by atoms with Crippen LogP contribution in [0.2, 0.25) is 0 Å². The fraction of sp³-hybridized carbons (Fsp3) is 0.643. The van der Waals surface area contributed by atoms with E-state index in [-0.39, 0.29) is 11.9 Å². The van der Waals surface area contributed by atoms with Crippen LogP contribution in [0.15, 0.2) is 18.3 Å². The summed E-state index contributed by atoms with van der Waals surface area (Å²) in [6, 6.07) is 2.83. The molecule has 0 amide bonds. The van der Waals surface area contributed by atoms with Gasteiger partial charge in [0.25, 0.3) is 0 Å². The van der Waals surface area contributed by atoms with Crippen LogP contribution in [0.3, 0.4) is 0 Å². The van der Waals surface area contributed by atoms with E-state index >= 15 is 0 Å². The van der Waals surface area contributed by atoms with Gasteiger partial charge in [0.15, 0.2) is 0 Å². The van der Waals surface area contributed by atoms with Crippen LogP contribution in [-0.2, 0) is 4.74 Å². The van der Waals surface area contributed by atoms with Gasteiger partial charge in [0, 0.05) is 13.1 Å². The molecular formula is C14H23FN2O2. The van der Waals surface area contributed by atoms with Crippen LogP contribution in [0.4, 0.5) is 4.39 Å². The van der Waals surface area contributed by atoms with Gasteiger partial charge >= 0.3 is 0 Å². The molecule has 108 valence electrons. The Morgan fingerprint density at radius 3 is 2.68 bits per heavy atom. The first kappa shape index (κ1) is 16.0. The number of rotatable bonds is 8. The highest BCUT2D eigenvalue weighted by molar-refractivity contribution is 5.07. The van der Waals surface area contributed by atoms with Gasteiger partial charge in [0.1, 0.15) is 5.82 Å². The third kappa shape index (κ3) is 6.61. The van der Waals surface area contributed by atoms with Gasteiger partial charge in [-0.25, -0.2) is 4.39 Å². The molecule has 19 heavy (non-hydrogen) atoms. The van der Waals surface area contributed by atoms with Crippen LogP contribution in [0.25, 0.3) is 0 Å². The number of aliphatic hydroxyl groups excluding tert-OH is 1. The predicted octanol–water partition coefficient (Wildman–Crippen LogP) is 2.00. The van der Waals surface area contributed by atoms with Crippen LogP contribution >= 0.6 is 0 Å².